The maximum atomic E-state index is 10.6. The van der Waals surface area contributed by atoms with Gasteiger partial charge in [0, 0.05) is 11.4 Å². The third kappa shape index (κ3) is 2.08. The van der Waals surface area contributed by atoms with Crippen LogP contribution in [0.3, 0.4) is 0 Å². The van der Waals surface area contributed by atoms with Crippen LogP contribution in [-0.4, -0.2) is 17.0 Å². The van der Waals surface area contributed by atoms with E-state index in [2.05, 4.69) is 0 Å². The molecule has 82 valence electrons. The van der Waals surface area contributed by atoms with Crippen molar-refractivity contribution in [1.29, 1.82) is 0 Å². The molecule has 0 heterocycles. The molecule has 1 aliphatic carbocycles. The van der Waals surface area contributed by atoms with E-state index >= 15 is 0 Å². The van der Waals surface area contributed by atoms with Gasteiger partial charge in [-0.25, -0.2) is 0 Å². The van der Waals surface area contributed by atoms with Crippen LogP contribution in [0.1, 0.15) is 12.0 Å². The van der Waals surface area contributed by atoms with Crippen LogP contribution in [0.4, 0.5) is 0 Å². The van der Waals surface area contributed by atoms with Gasteiger partial charge in [-0.15, -0.1) is 0 Å². The lowest BCUT2D eigenvalue weighted by Crippen LogP contribution is -2.28. The van der Waals surface area contributed by atoms with Crippen LogP contribution in [0.15, 0.2) is 42.5 Å². The zero-order chi connectivity index (χ0) is 11.6. The zero-order valence-electron chi connectivity index (χ0n) is 8.56. The second kappa shape index (κ2) is 4.24. The van der Waals surface area contributed by atoms with Gasteiger partial charge >= 0.3 is 0 Å². The smallest absolute Gasteiger partial charge is 0.155 e. The summed E-state index contributed by atoms with van der Waals surface area (Å²) in [5.41, 5.74) is 0.482. The second-order valence-electron chi connectivity index (χ2n) is 3.79. The topological polar surface area (TPSA) is 37.3 Å². The molecule has 0 aliphatic heterocycles. The minimum absolute atomic E-state index is 0.285. The van der Waals surface area contributed by atoms with Crippen LogP contribution in [0.25, 0.3) is 5.57 Å². The number of rotatable bonds is 2. The fourth-order valence-corrected chi connectivity index (χ4v) is 1.87. The van der Waals surface area contributed by atoms with E-state index in [1.807, 2.05) is 30.3 Å². The molecular weight excluding hydrogens is 224 g/mol. The van der Waals surface area contributed by atoms with Gasteiger partial charge in [0.25, 0.3) is 0 Å². The lowest BCUT2D eigenvalue weighted by Gasteiger charge is -2.20. The molecule has 3 heteroatoms. The Morgan fingerprint density at radius 1 is 1.38 bits per heavy atom. The Bertz CT molecular complexity index is 477. The molecule has 0 fully saturated rings. The summed E-state index contributed by atoms with van der Waals surface area (Å²) < 4.78 is 0. The van der Waals surface area contributed by atoms with Crippen molar-refractivity contribution in [3.05, 3.63) is 53.1 Å². The van der Waals surface area contributed by atoms with Crippen LogP contribution in [0.5, 0.6) is 0 Å². The predicted molar refractivity (Wildman–Crippen MR) is 64.2 cm³/mol. The Morgan fingerprint density at radius 2 is 2.12 bits per heavy atom. The summed E-state index contributed by atoms with van der Waals surface area (Å²) in [6, 6.07) is 7.48. The van der Waals surface area contributed by atoms with E-state index in [1.54, 1.807) is 6.08 Å². The number of hydrogen-bond donors (Lipinski definition) is 1. The average molecular weight is 235 g/mol. The average Bonchev–Trinajstić information content (AvgIpc) is 2.31. The van der Waals surface area contributed by atoms with E-state index in [0.29, 0.717) is 11.3 Å². The third-order valence-electron chi connectivity index (χ3n) is 2.59. The van der Waals surface area contributed by atoms with Crippen molar-refractivity contribution in [2.75, 3.05) is 0 Å². The number of carbonyl (C=O) groups excluding carboxylic acids is 1. The van der Waals surface area contributed by atoms with Gasteiger partial charge in [-0.05, 0) is 23.3 Å². The summed E-state index contributed by atoms with van der Waals surface area (Å²) >= 11 is 6.06. The summed E-state index contributed by atoms with van der Waals surface area (Å²) in [6.45, 7) is 0. The lowest BCUT2D eigenvalue weighted by atomic mass is 9.91. The number of aliphatic hydroxyl groups is 1. The quantitative estimate of drug-likeness (QED) is 0.799. The number of halogens is 1. The number of benzene rings is 1. The number of carbonyl (C=O) groups is 1. The molecule has 1 aromatic rings. The number of hydrogen-bond acceptors (Lipinski definition) is 2. The Morgan fingerprint density at radius 3 is 2.69 bits per heavy atom. The fourth-order valence-electron chi connectivity index (χ4n) is 1.63. The van der Waals surface area contributed by atoms with Crippen molar-refractivity contribution >= 4 is 23.5 Å². The van der Waals surface area contributed by atoms with Gasteiger partial charge in [0.1, 0.15) is 5.60 Å². The molecule has 0 spiro atoms. The Balaban J connectivity index is 2.31. The van der Waals surface area contributed by atoms with Crippen molar-refractivity contribution in [3.8, 4) is 0 Å². The maximum Gasteiger partial charge on any atom is 0.155 e. The van der Waals surface area contributed by atoms with Gasteiger partial charge in [-0.3, -0.25) is 4.79 Å². The van der Waals surface area contributed by atoms with Crippen LogP contribution < -0.4 is 0 Å². The van der Waals surface area contributed by atoms with Gasteiger partial charge in [-0.1, -0.05) is 42.0 Å². The highest BCUT2D eigenvalue weighted by atomic mass is 35.5. The van der Waals surface area contributed by atoms with Crippen LogP contribution >= 0.6 is 11.6 Å². The van der Waals surface area contributed by atoms with Gasteiger partial charge in [-0.2, -0.15) is 0 Å². The maximum absolute atomic E-state index is 10.6. The van der Waals surface area contributed by atoms with E-state index in [9.17, 15) is 9.90 Å². The monoisotopic (exact) mass is 234 g/mol. The van der Waals surface area contributed by atoms with E-state index in [0.717, 1.165) is 11.1 Å². The molecule has 2 nitrogen and oxygen atoms in total. The molecule has 1 atom stereocenters. The summed E-state index contributed by atoms with van der Waals surface area (Å²) in [4.78, 5) is 10.6. The minimum Gasteiger partial charge on any atom is -0.378 e. The summed E-state index contributed by atoms with van der Waals surface area (Å²) in [6.07, 6.45) is 5.87. The molecule has 0 saturated heterocycles. The molecule has 1 N–H and O–H groups in total. The molecular formula is C13H11ClO2. The van der Waals surface area contributed by atoms with Crippen molar-refractivity contribution in [2.45, 2.75) is 12.0 Å². The Labute approximate surface area is 98.9 Å². The van der Waals surface area contributed by atoms with E-state index in [-0.39, 0.29) is 6.42 Å². The molecule has 1 unspecified atom stereocenters. The second-order valence-corrected chi connectivity index (χ2v) is 4.19. The third-order valence-corrected chi connectivity index (χ3v) is 2.92. The van der Waals surface area contributed by atoms with Crippen molar-refractivity contribution in [3.63, 3.8) is 0 Å². The first-order chi connectivity index (χ1) is 7.64. The highest BCUT2D eigenvalue weighted by Crippen LogP contribution is 2.29. The Kier molecular flexibility index (Phi) is 2.95. The minimum atomic E-state index is -1.36. The van der Waals surface area contributed by atoms with Crippen LogP contribution in [-0.2, 0) is 4.79 Å². The molecule has 0 aromatic heterocycles. The lowest BCUT2D eigenvalue weighted by molar-refractivity contribution is -0.119. The van der Waals surface area contributed by atoms with Crippen LogP contribution in [0, 0.1) is 0 Å². The number of aldehydes is 1. The molecule has 2 rings (SSSR count). The molecule has 0 radical (unpaired) electrons. The molecule has 0 amide bonds. The van der Waals surface area contributed by atoms with E-state index in [1.165, 1.54) is 6.08 Å². The molecule has 0 saturated carbocycles. The normalized spacial score (nSPS) is 24.0. The summed E-state index contributed by atoms with van der Waals surface area (Å²) in [7, 11) is 0. The zero-order valence-corrected chi connectivity index (χ0v) is 9.32. The fraction of sp³-hybridized carbons (Fsp3) is 0.154. The predicted octanol–water partition coefficient (Wildman–Crippen LogP) is 2.61. The van der Waals surface area contributed by atoms with Gasteiger partial charge < -0.3 is 5.11 Å². The van der Waals surface area contributed by atoms with Gasteiger partial charge in [0.05, 0.1) is 0 Å². The first kappa shape index (κ1) is 11.1. The summed E-state index contributed by atoms with van der Waals surface area (Å²) in [5.74, 6) is 0. The SMILES string of the molecule is O=CC1(O)C=CC(c2ccccc2Cl)=CC1. The van der Waals surface area contributed by atoms with Crippen molar-refractivity contribution in [1.82, 2.24) is 0 Å². The van der Waals surface area contributed by atoms with E-state index in [4.69, 9.17) is 11.6 Å². The Hall–Kier alpha value is -1.38. The van der Waals surface area contributed by atoms with Crippen molar-refractivity contribution in [2.24, 2.45) is 0 Å². The highest BCUT2D eigenvalue weighted by molar-refractivity contribution is 6.32. The highest BCUT2D eigenvalue weighted by Gasteiger charge is 2.24. The van der Waals surface area contributed by atoms with E-state index < -0.39 is 5.60 Å². The van der Waals surface area contributed by atoms with Crippen molar-refractivity contribution < 1.29 is 9.90 Å². The first-order valence-corrected chi connectivity index (χ1v) is 5.35. The van der Waals surface area contributed by atoms with Gasteiger partial charge in [0.15, 0.2) is 6.29 Å². The molecule has 0 bridgehead atoms. The molecule has 1 aromatic carbocycles. The van der Waals surface area contributed by atoms with Gasteiger partial charge in [0.2, 0.25) is 0 Å². The molecule has 16 heavy (non-hydrogen) atoms. The summed E-state index contributed by atoms with van der Waals surface area (Å²) in [5, 5.41) is 10.3. The first-order valence-electron chi connectivity index (χ1n) is 4.98. The largest absolute Gasteiger partial charge is 0.378 e. The standard InChI is InChI=1S/C13H11ClO2/c14-12-4-2-1-3-11(12)10-5-7-13(16,9-15)8-6-10/h1-7,9,16H,8H2. The van der Waals surface area contributed by atoms with Crippen LogP contribution in [0.2, 0.25) is 5.02 Å². The molecule has 1 aliphatic rings. The number of allylic oxidation sites excluding steroid dienone is 2.